The summed E-state index contributed by atoms with van der Waals surface area (Å²) in [6, 6.07) is 19.5. The molecule has 0 bridgehead atoms. The minimum absolute atomic E-state index is 0.104. The zero-order chi connectivity index (χ0) is 27.0. The summed E-state index contributed by atoms with van der Waals surface area (Å²) in [5.74, 6) is -0.260. The number of imidazole rings is 1. The number of benzene rings is 2. The van der Waals surface area contributed by atoms with Gasteiger partial charge in [-0.1, -0.05) is 60.2 Å². The lowest BCUT2D eigenvalue weighted by Gasteiger charge is -2.12. The fraction of sp³-hybridized carbons (Fsp3) is 0.250. The maximum Gasteiger partial charge on any atom is 0.358 e. The predicted octanol–water partition coefficient (Wildman–Crippen LogP) is 3.01. The number of aromatic nitrogens is 6. The molecule has 0 unspecified atom stereocenters. The molecule has 38 heavy (non-hydrogen) atoms. The number of nitrogens with zero attached hydrogens (tertiary/aromatic N) is 6. The van der Waals surface area contributed by atoms with Crippen molar-refractivity contribution in [3.63, 3.8) is 0 Å². The van der Waals surface area contributed by atoms with Crippen molar-refractivity contribution in [2.45, 2.75) is 26.3 Å². The Bertz CT molecular complexity index is 1760. The van der Waals surface area contributed by atoms with Crippen LogP contribution in [0.1, 0.15) is 28.0 Å². The first kappa shape index (κ1) is 24.9. The standard InChI is InChI=1S/C28H28N6O4/c1-18-12-14-20(15-13-18)22-17-21(26(36)38-4)30-34(22)27-29-24-23(25(35)32(3)28(37)31(24)2)33(27)16-8-11-19-9-6-5-7-10-19/h5-7,9-10,12-15,17H,8,11,16H2,1-4H3. The normalized spacial score (nSPS) is 11.3. The van der Waals surface area contributed by atoms with Crippen molar-refractivity contribution in [3.8, 4) is 17.2 Å². The lowest BCUT2D eigenvalue weighted by molar-refractivity contribution is 0.0593. The first-order valence-electron chi connectivity index (χ1n) is 12.3. The number of hydrogen-bond acceptors (Lipinski definition) is 6. The fourth-order valence-electron chi connectivity index (χ4n) is 4.56. The van der Waals surface area contributed by atoms with E-state index in [0.717, 1.165) is 22.1 Å². The molecule has 0 fully saturated rings. The quantitative estimate of drug-likeness (QED) is 0.311. The van der Waals surface area contributed by atoms with Crippen molar-refractivity contribution < 1.29 is 9.53 Å². The van der Waals surface area contributed by atoms with Crippen LogP contribution in [0.4, 0.5) is 0 Å². The molecule has 3 aromatic heterocycles. The molecule has 0 amide bonds. The lowest BCUT2D eigenvalue weighted by Crippen LogP contribution is -2.37. The van der Waals surface area contributed by atoms with Gasteiger partial charge < -0.3 is 9.30 Å². The maximum atomic E-state index is 13.3. The summed E-state index contributed by atoms with van der Waals surface area (Å²) in [5.41, 5.74) is 3.39. The number of carbonyl (C=O) groups excluding carboxylic acids is 1. The van der Waals surface area contributed by atoms with Crippen LogP contribution in [-0.2, 0) is 31.8 Å². The molecule has 0 aliphatic carbocycles. The Morgan fingerprint density at radius 1 is 0.974 bits per heavy atom. The van der Waals surface area contributed by atoms with Gasteiger partial charge in [-0.25, -0.2) is 9.59 Å². The van der Waals surface area contributed by atoms with Gasteiger partial charge in [0.15, 0.2) is 16.9 Å². The second-order valence-electron chi connectivity index (χ2n) is 9.21. The van der Waals surface area contributed by atoms with Gasteiger partial charge in [-0.2, -0.15) is 14.8 Å². The molecule has 5 aromatic rings. The highest BCUT2D eigenvalue weighted by molar-refractivity contribution is 5.89. The molecule has 2 aromatic carbocycles. The number of hydrogen-bond donors (Lipinski definition) is 0. The topological polar surface area (TPSA) is 106 Å². The van der Waals surface area contributed by atoms with Crippen LogP contribution in [0.2, 0.25) is 0 Å². The third kappa shape index (κ3) is 4.34. The number of rotatable bonds is 7. The Morgan fingerprint density at radius 3 is 2.37 bits per heavy atom. The van der Waals surface area contributed by atoms with Crippen LogP contribution in [0.5, 0.6) is 0 Å². The fourth-order valence-corrected chi connectivity index (χ4v) is 4.56. The number of aryl methyl sites for hydroxylation is 4. The molecule has 0 aliphatic rings. The Morgan fingerprint density at radius 2 is 1.68 bits per heavy atom. The summed E-state index contributed by atoms with van der Waals surface area (Å²) < 4.78 is 10.7. The molecular formula is C28H28N6O4. The third-order valence-electron chi connectivity index (χ3n) is 6.66. The zero-order valence-corrected chi connectivity index (χ0v) is 21.7. The molecule has 3 heterocycles. The van der Waals surface area contributed by atoms with Crippen molar-refractivity contribution in [2.24, 2.45) is 14.1 Å². The van der Waals surface area contributed by atoms with Crippen molar-refractivity contribution in [2.75, 3.05) is 7.11 Å². The van der Waals surface area contributed by atoms with Gasteiger partial charge in [0.1, 0.15) is 0 Å². The lowest BCUT2D eigenvalue weighted by atomic mass is 10.1. The van der Waals surface area contributed by atoms with Crippen molar-refractivity contribution in [3.05, 3.63) is 98.3 Å². The molecule has 5 rings (SSSR count). The van der Waals surface area contributed by atoms with E-state index < -0.39 is 17.2 Å². The molecule has 0 radical (unpaired) electrons. The average Bonchev–Trinajstić information content (AvgIpc) is 3.54. The highest BCUT2D eigenvalue weighted by atomic mass is 16.5. The van der Waals surface area contributed by atoms with E-state index in [-0.39, 0.29) is 11.3 Å². The van der Waals surface area contributed by atoms with Gasteiger partial charge >= 0.3 is 11.7 Å². The van der Waals surface area contributed by atoms with Crippen LogP contribution < -0.4 is 11.2 Å². The third-order valence-corrected chi connectivity index (χ3v) is 6.66. The van der Waals surface area contributed by atoms with E-state index in [4.69, 9.17) is 9.72 Å². The van der Waals surface area contributed by atoms with Gasteiger partial charge in [0.05, 0.1) is 12.8 Å². The number of methoxy groups -OCH3 is 1. The van der Waals surface area contributed by atoms with E-state index in [0.29, 0.717) is 30.1 Å². The molecule has 0 saturated heterocycles. The Hall–Kier alpha value is -4.73. The number of esters is 1. The van der Waals surface area contributed by atoms with Gasteiger partial charge in [0, 0.05) is 26.2 Å². The summed E-state index contributed by atoms with van der Waals surface area (Å²) in [6.07, 6.45) is 1.49. The Labute approximate surface area is 218 Å². The van der Waals surface area contributed by atoms with Crippen LogP contribution in [0.15, 0.2) is 70.3 Å². The molecule has 10 heteroatoms. The molecule has 0 saturated carbocycles. The minimum Gasteiger partial charge on any atom is -0.464 e. The van der Waals surface area contributed by atoms with Gasteiger partial charge in [0.2, 0.25) is 5.95 Å². The number of carbonyl (C=O) groups is 1. The van der Waals surface area contributed by atoms with E-state index in [1.807, 2.05) is 49.4 Å². The second kappa shape index (κ2) is 9.97. The smallest absolute Gasteiger partial charge is 0.358 e. The largest absolute Gasteiger partial charge is 0.464 e. The van der Waals surface area contributed by atoms with E-state index >= 15 is 0 Å². The summed E-state index contributed by atoms with van der Waals surface area (Å²) >= 11 is 0. The number of fused-ring (bicyclic) bond motifs is 1. The van der Waals surface area contributed by atoms with Gasteiger partial charge in [0.25, 0.3) is 5.56 Å². The molecule has 10 nitrogen and oxygen atoms in total. The molecule has 0 aliphatic heterocycles. The van der Waals surface area contributed by atoms with Crippen molar-refractivity contribution in [1.29, 1.82) is 0 Å². The highest BCUT2D eigenvalue weighted by Crippen LogP contribution is 2.26. The predicted molar refractivity (Wildman–Crippen MR) is 144 cm³/mol. The monoisotopic (exact) mass is 512 g/mol. The minimum atomic E-state index is -0.591. The van der Waals surface area contributed by atoms with Crippen LogP contribution in [0.3, 0.4) is 0 Å². The molecule has 0 atom stereocenters. The van der Waals surface area contributed by atoms with E-state index in [1.165, 1.54) is 24.3 Å². The second-order valence-corrected chi connectivity index (χ2v) is 9.21. The average molecular weight is 513 g/mol. The van der Waals surface area contributed by atoms with Crippen LogP contribution in [0, 0.1) is 6.92 Å². The molecular weight excluding hydrogens is 484 g/mol. The first-order valence-corrected chi connectivity index (χ1v) is 12.3. The summed E-state index contributed by atoms with van der Waals surface area (Å²) in [6.45, 7) is 2.43. The van der Waals surface area contributed by atoms with Gasteiger partial charge in [-0.3, -0.25) is 13.9 Å². The van der Waals surface area contributed by atoms with Crippen LogP contribution >= 0.6 is 0 Å². The molecule has 0 spiro atoms. The van der Waals surface area contributed by atoms with Crippen LogP contribution in [-0.4, -0.2) is 41.5 Å². The van der Waals surface area contributed by atoms with Gasteiger partial charge in [-0.05, 0) is 31.4 Å². The number of ether oxygens (including phenoxy) is 1. The summed E-state index contributed by atoms with van der Waals surface area (Å²) in [5, 5.41) is 4.54. The Kier molecular flexibility index (Phi) is 6.54. The highest BCUT2D eigenvalue weighted by Gasteiger charge is 2.25. The summed E-state index contributed by atoms with van der Waals surface area (Å²) in [4.78, 5) is 43.2. The zero-order valence-electron chi connectivity index (χ0n) is 21.7. The van der Waals surface area contributed by atoms with Crippen molar-refractivity contribution in [1.82, 2.24) is 28.5 Å². The SMILES string of the molecule is COC(=O)c1cc(-c2ccc(C)cc2)n(-c2nc3c(c(=O)n(C)c(=O)n3C)n2CCCc2ccccc2)n1. The molecule has 194 valence electrons. The first-order chi connectivity index (χ1) is 18.3. The van der Waals surface area contributed by atoms with E-state index in [1.54, 1.807) is 22.4 Å². The summed E-state index contributed by atoms with van der Waals surface area (Å²) in [7, 11) is 4.33. The molecule has 0 N–H and O–H groups in total. The maximum absolute atomic E-state index is 13.3. The van der Waals surface area contributed by atoms with E-state index in [2.05, 4.69) is 17.2 Å². The van der Waals surface area contributed by atoms with Gasteiger partial charge in [-0.15, -0.1) is 0 Å². The van der Waals surface area contributed by atoms with Crippen LogP contribution in [0.25, 0.3) is 28.4 Å². The Balaban J connectivity index is 1.73. The van der Waals surface area contributed by atoms with Crippen molar-refractivity contribution >= 4 is 17.1 Å². The van der Waals surface area contributed by atoms with E-state index in [9.17, 15) is 14.4 Å².